The van der Waals surface area contributed by atoms with E-state index in [0.717, 1.165) is 12.8 Å². The minimum atomic E-state index is 0.286. The smallest absolute Gasteiger partial charge is 0.0434 e. The standard InChI is InChI=1S/C13H17BrO/c14-13-9-10(4-3-7-15)8-11-5-1-2-6-12(11)13/h8-9,15H,1-7H2. The SMILES string of the molecule is OCCCc1cc(Br)c2c(c1)CCCC2. The summed E-state index contributed by atoms with van der Waals surface area (Å²) in [6.07, 6.45) is 6.94. The Hall–Kier alpha value is -0.340. The van der Waals surface area contributed by atoms with E-state index in [-0.39, 0.29) is 6.61 Å². The summed E-state index contributed by atoms with van der Waals surface area (Å²) in [6.45, 7) is 0.286. The average molecular weight is 269 g/mol. The Balaban J connectivity index is 2.24. The topological polar surface area (TPSA) is 20.2 Å². The first kappa shape index (κ1) is 11.2. The molecule has 0 spiro atoms. The Bertz CT molecular complexity index is 347. The first-order chi connectivity index (χ1) is 7.31. The number of halogens is 1. The van der Waals surface area contributed by atoms with Crippen molar-refractivity contribution in [1.29, 1.82) is 0 Å². The minimum Gasteiger partial charge on any atom is -0.396 e. The third kappa shape index (κ3) is 2.61. The molecule has 0 saturated heterocycles. The summed E-state index contributed by atoms with van der Waals surface area (Å²) in [5, 5.41) is 8.82. The third-order valence-electron chi connectivity index (χ3n) is 3.09. The summed E-state index contributed by atoms with van der Waals surface area (Å²) in [7, 11) is 0. The summed E-state index contributed by atoms with van der Waals surface area (Å²) in [5.41, 5.74) is 4.38. The van der Waals surface area contributed by atoms with Gasteiger partial charge in [-0.3, -0.25) is 0 Å². The van der Waals surface area contributed by atoms with Crippen LogP contribution in [0.1, 0.15) is 36.0 Å². The molecule has 0 bridgehead atoms. The average Bonchev–Trinajstić information content (AvgIpc) is 2.26. The molecule has 0 unspecified atom stereocenters. The molecule has 0 saturated carbocycles. The molecule has 1 nitrogen and oxygen atoms in total. The third-order valence-corrected chi connectivity index (χ3v) is 3.80. The van der Waals surface area contributed by atoms with Crippen molar-refractivity contribution in [3.8, 4) is 0 Å². The summed E-state index contributed by atoms with van der Waals surface area (Å²) in [6, 6.07) is 4.55. The molecule has 0 aliphatic heterocycles. The lowest BCUT2D eigenvalue weighted by Gasteiger charge is -2.18. The lowest BCUT2D eigenvalue weighted by atomic mass is 9.90. The van der Waals surface area contributed by atoms with Gasteiger partial charge in [0.1, 0.15) is 0 Å². The van der Waals surface area contributed by atoms with Crippen LogP contribution in [0, 0.1) is 0 Å². The zero-order valence-corrected chi connectivity index (χ0v) is 10.5. The van der Waals surface area contributed by atoms with Gasteiger partial charge in [-0.25, -0.2) is 0 Å². The van der Waals surface area contributed by atoms with E-state index in [1.165, 1.54) is 46.8 Å². The second kappa shape index (κ2) is 5.13. The lowest BCUT2D eigenvalue weighted by Crippen LogP contribution is -2.05. The highest BCUT2D eigenvalue weighted by Gasteiger charge is 2.13. The van der Waals surface area contributed by atoms with Crippen LogP contribution in [0.4, 0.5) is 0 Å². The van der Waals surface area contributed by atoms with Crippen molar-refractivity contribution in [2.24, 2.45) is 0 Å². The van der Waals surface area contributed by atoms with Crippen molar-refractivity contribution >= 4 is 15.9 Å². The van der Waals surface area contributed by atoms with E-state index in [2.05, 4.69) is 28.1 Å². The van der Waals surface area contributed by atoms with Crippen molar-refractivity contribution < 1.29 is 5.11 Å². The number of benzene rings is 1. The second-order valence-corrected chi connectivity index (χ2v) is 5.10. The van der Waals surface area contributed by atoms with Gasteiger partial charge in [0, 0.05) is 11.1 Å². The molecule has 1 aliphatic carbocycles. The van der Waals surface area contributed by atoms with Crippen LogP contribution in [0.2, 0.25) is 0 Å². The molecule has 0 heterocycles. The second-order valence-electron chi connectivity index (χ2n) is 4.25. The molecule has 2 heteroatoms. The van der Waals surface area contributed by atoms with Gasteiger partial charge in [-0.05, 0) is 61.3 Å². The number of hydrogen-bond donors (Lipinski definition) is 1. The van der Waals surface area contributed by atoms with E-state index in [4.69, 9.17) is 5.11 Å². The summed E-state index contributed by atoms with van der Waals surface area (Å²) in [5.74, 6) is 0. The molecule has 0 fully saturated rings. The monoisotopic (exact) mass is 268 g/mol. The van der Waals surface area contributed by atoms with Crippen molar-refractivity contribution in [2.75, 3.05) is 6.61 Å². The van der Waals surface area contributed by atoms with Gasteiger partial charge in [-0.15, -0.1) is 0 Å². The number of aliphatic hydroxyl groups is 1. The van der Waals surface area contributed by atoms with Gasteiger partial charge in [-0.2, -0.15) is 0 Å². The molecule has 0 radical (unpaired) electrons. The molecule has 1 N–H and O–H groups in total. The Kier molecular flexibility index (Phi) is 3.81. The fraction of sp³-hybridized carbons (Fsp3) is 0.538. The van der Waals surface area contributed by atoms with E-state index >= 15 is 0 Å². The maximum atomic E-state index is 8.82. The summed E-state index contributed by atoms with van der Waals surface area (Å²) < 4.78 is 1.27. The minimum absolute atomic E-state index is 0.286. The first-order valence-electron chi connectivity index (χ1n) is 5.72. The Morgan fingerprint density at radius 1 is 1.20 bits per heavy atom. The molecule has 15 heavy (non-hydrogen) atoms. The van der Waals surface area contributed by atoms with E-state index in [1.807, 2.05) is 0 Å². The zero-order chi connectivity index (χ0) is 10.7. The molecule has 0 aromatic heterocycles. The number of rotatable bonds is 3. The highest BCUT2D eigenvalue weighted by Crippen LogP contribution is 2.29. The lowest BCUT2D eigenvalue weighted by molar-refractivity contribution is 0.288. The maximum absolute atomic E-state index is 8.82. The highest BCUT2D eigenvalue weighted by molar-refractivity contribution is 9.10. The number of fused-ring (bicyclic) bond motifs is 1. The normalized spacial score (nSPS) is 15.1. The summed E-state index contributed by atoms with van der Waals surface area (Å²) in [4.78, 5) is 0. The molecule has 1 aliphatic rings. The van der Waals surface area contributed by atoms with Gasteiger partial charge in [0.2, 0.25) is 0 Å². The van der Waals surface area contributed by atoms with Crippen LogP contribution in [0.15, 0.2) is 16.6 Å². The maximum Gasteiger partial charge on any atom is 0.0434 e. The van der Waals surface area contributed by atoms with Crippen molar-refractivity contribution in [3.05, 3.63) is 33.3 Å². The molecule has 1 aromatic rings. The van der Waals surface area contributed by atoms with Crippen LogP contribution in [-0.2, 0) is 19.3 Å². The largest absolute Gasteiger partial charge is 0.396 e. The van der Waals surface area contributed by atoms with Crippen LogP contribution < -0.4 is 0 Å². The predicted molar refractivity (Wildman–Crippen MR) is 66.2 cm³/mol. The molecule has 82 valence electrons. The highest BCUT2D eigenvalue weighted by atomic mass is 79.9. The zero-order valence-electron chi connectivity index (χ0n) is 8.93. The van der Waals surface area contributed by atoms with Gasteiger partial charge >= 0.3 is 0 Å². The molecule has 0 amide bonds. The van der Waals surface area contributed by atoms with Crippen LogP contribution >= 0.6 is 15.9 Å². The van der Waals surface area contributed by atoms with Crippen molar-refractivity contribution in [2.45, 2.75) is 38.5 Å². The first-order valence-corrected chi connectivity index (χ1v) is 6.51. The van der Waals surface area contributed by atoms with Gasteiger partial charge in [0.05, 0.1) is 0 Å². The Morgan fingerprint density at radius 3 is 2.80 bits per heavy atom. The number of aryl methyl sites for hydroxylation is 2. The summed E-state index contributed by atoms with van der Waals surface area (Å²) >= 11 is 3.66. The molecular formula is C13H17BrO. The van der Waals surface area contributed by atoms with Gasteiger partial charge < -0.3 is 5.11 Å². The fourth-order valence-corrected chi connectivity index (χ4v) is 3.05. The van der Waals surface area contributed by atoms with Gasteiger partial charge in [0.15, 0.2) is 0 Å². The van der Waals surface area contributed by atoms with Crippen LogP contribution in [0.3, 0.4) is 0 Å². The van der Waals surface area contributed by atoms with Gasteiger partial charge in [0.25, 0.3) is 0 Å². The van der Waals surface area contributed by atoms with Crippen molar-refractivity contribution in [1.82, 2.24) is 0 Å². The van der Waals surface area contributed by atoms with E-state index < -0.39 is 0 Å². The van der Waals surface area contributed by atoms with Crippen LogP contribution in [0.25, 0.3) is 0 Å². The number of hydrogen-bond acceptors (Lipinski definition) is 1. The van der Waals surface area contributed by atoms with E-state index in [0.29, 0.717) is 0 Å². The Labute approximate surface area is 99.6 Å². The molecular weight excluding hydrogens is 252 g/mol. The van der Waals surface area contributed by atoms with Crippen LogP contribution in [-0.4, -0.2) is 11.7 Å². The predicted octanol–water partition coefficient (Wildman–Crippen LogP) is 3.25. The quantitative estimate of drug-likeness (QED) is 0.893. The van der Waals surface area contributed by atoms with Crippen LogP contribution in [0.5, 0.6) is 0 Å². The fourth-order valence-electron chi connectivity index (χ4n) is 2.30. The van der Waals surface area contributed by atoms with Gasteiger partial charge in [-0.1, -0.05) is 22.0 Å². The van der Waals surface area contributed by atoms with E-state index in [9.17, 15) is 0 Å². The van der Waals surface area contributed by atoms with Crippen molar-refractivity contribution in [3.63, 3.8) is 0 Å². The molecule has 1 aromatic carbocycles. The Morgan fingerprint density at radius 2 is 2.00 bits per heavy atom. The number of aliphatic hydroxyl groups excluding tert-OH is 1. The van der Waals surface area contributed by atoms with E-state index in [1.54, 1.807) is 0 Å². The molecule has 0 atom stereocenters. The molecule has 2 rings (SSSR count).